The van der Waals surface area contributed by atoms with Crippen molar-refractivity contribution in [3.05, 3.63) is 47.8 Å². The van der Waals surface area contributed by atoms with Gasteiger partial charge in [-0.25, -0.2) is 0 Å². The first-order valence-corrected chi connectivity index (χ1v) is 8.55. The molecule has 1 saturated heterocycles. The van der Waals surface area contributed by atoms with Crippen molar-refractivity contribution in [3.63, 3.8) is 0 Å². The van der Waals surface area contributed by atoms with Gasteiger partial charge in [-0.3, -0.25) is 9.48 Å². The number of ether oxygens (including phenoxy) is 2. The number of piperidine rings is 1. The lowest BCUT2D eigenvalue weighted by molar-refractivity contribution is -0.00319. The van der Waals surface area contributed by atoms with Crippen LogP contribution >= 0.6 is 0 Å². The number of aryl methyl sites for hydroxylation is 1. The van der Waals surface area contributed by atoms with E-state index >= 15 is 0 Å². The van der Waals surface area contributed by atoms with Gasteiger partial charge in [-0.05, 0) is 36.6 Å². The summed E-state index contributed by atoms with van der Waals surface area (Å²) in [4.78, 5) is 14.6. The van der Waals surface area contributed by atoms with Crippen molar-refractivity contribution in [3.8, 4) is 5.75 Å². The Morgan fingerprint density at radius 2 is 2.00 bits per heavy atom. The van der Waals surface area contributed by atoms with E-state index in [4.69, 9.17) is 9.47 Å². The van der Waals surface area contributed by atoms with E-state index in [0.29, 0.717) is 18.8 Å². The number of methoxy groups -OCH3 is 2. The summed E-state index contributed by atoms with van der Waals surface area (Å²) in [7, 11) is 5.24. The van der Waals surface area contributed by atoms with E-state index in [1.807, 2.05) is 24.1 Å². The van der Waals surface area contributed by atoms with Crippen LogP contribution in [0.2, 0.25) is 0 Å². The highest BCUT2D eigenvalue weighted by atomic mass is 16.5. The lowest BCUT2D eigenvalue weighted by Crippen LogP contribution is -2.47. The zero-order chi connectivity index (χ0) is 17.8. The summed E-state index contributed by atoms with van der Waals surface area (Å²) >= 11 is 0. The van der Waals surface area contributed by atoms with E-state index in [9.17, 15) is 4.79 Å². The summed E-state index contributed by atoms with van der Waals surface area (Å²) in [6.07, 6.45) is 3.67. The number of hydrogen-bond acceptors (Lipinski definition) is 4. The Bertz CT molecular complexity index is 711. The van der Waals surface area contributed by atoms with Gasteiger partial charge in [-0.1, -0.05) is 12.1 Å². The number of nitrogens with zero attached hydrogens (tertiary/aromatic N) is 3. The monoisotopic (exact) mass is 343 g/mol. The topological polar surface area (TPSA) is 56.6 Å². The van der Waals surface area contributed by atoms with Crippen LogP contribution in [0.3, 0.4) is 0 Å². The third-order valence-corrected chi connectivity index (χ3v) is 4.84. The Balaban J connectivity index is 1.70. The van der Waals surface area contributed by atoms with E-state index < -0.39 is 0 Å². The highest BCUT2D eigenvalue weighted by Gasteiger charge is 2.32. The van der Waals surface area contributed by atoms with Crippen LogP contribution in [-0.2, 0) is 18.2 Å². The van der Waals surface area contributed by atoms with Crippen molar-refractivity contribution >= 4 is 5.91 Å². The van der Waals surface area contributed by atoms with Gasteiger partial charge in [0, 0.05) is 39.4 Å². The van der Waals surface area contributed by atoms with E-state index in [-0.39, 0.29) is 17.9 Å². The molecule has 0 aliphatic carbocycles. The van der Waals surface area contributed by atoms with Crippen molar-refractivity contribution in [2.45, 2.75) is 18.9 Å². The standard InChI is InChI=1S/C19H25N3O3/c1-21-10-8-17(20-21)19(23)22-11-9-18(25-3)15(13-22)12-14-4-6-16(24-2)7-5-14/h4-8,10,15,18H,9,11-13H2,1-3H3/t15-,18-/m0/s1. The van der Waals surface area contributed by atoms with Crippen LogP contribution in [0.15, 0.2) is 36.5 Å². The average Bonchev–Trinajstić information content (AvgIpc) is 3.08. The summed E-state index contributed by atoms with van der Waals surface area (Å²) in [6, 6.07) is 9.85. The van der Waals surface area contributed by atoms with Gasteiger partial charge < -0.3 is 14.4 Å². The van der Waals surface area contributed by atoms with Gasteiger partial charge in [0.1, 0.15) is 11.4 Å². The van der Waals surface area contributed by atoms with Crippen LogP contribution in [0, 0.1) is 5.92 Å². The number of aromatic nitrogens is 2. The second-order valence-electron chi connectivity index (χ2n) is 6.50. The van der Waals surface area contributed by atoms with Crippen LogP contribution in [0.5, 0.6) is 5.75 Å². The predicted molar refractivity (Wildman–Crippen MR) is 94.7 cm³/mol. The molecule has 0 spiro atoms. The molecule has 2 heterocycles. The molecule has 6 heteroatoms. The molecule has 1 aliphatic heterocycles. The first-order chi connectivity index (χ1) is 12.1. The normalized spacial score (nSPS) is 20.5. The van der Waals surface area contributed by atoms with Gasteiger partial charge in [-0.15, -0.1) is 0 Å². The Morgan fingerprint density at radius 1 is 1.24 bits per heavy atom. The SMILES string of the molecule is COc1ccc(C[C@H]2CN(C(=O)c3ccn(C)n3)CC[C@@H]2OC)cc1. The minimum atomic E-state index is -0.00474. The Kier molecular flexibility index (Phi) is 5.38. The van der Waals surface area contributed by atoms with Gasteiger partial charge in [0.25, 0.3) is 5.91 Å². The molecule has 6 nitrogen and oxygen atoms in total. The maximum Gasteiger partial charge on any atom is 0.274 e. The highest BCUT2D eigenvalue weighted by molar-refractivity contribution is 5.92. The van der Waals surface area contributed by atoms with Gasteiger partial charge in [-0.2, -0.15) is 5.10 Å². The van der Waals surface area contributed by atoms with Gasteiger partial charge >= 0.3 is 0 Å². The predicted octanol–water partition coefficient (Wildman–Crippen LogP) is 2.15. The summed E-state index contributed by atoms with van der Waals surface area (Å²) < 4.78 is 12.5. The van der Waals surface area contributed by atoms with Crippen molar-refractivity contribution in [2.75, 3.05) is 27.3 Å². The highest BCUT2D eigenvalue weighted by Crippen LogP contribution is 2.25. The van der Waals surface area contributed by atoms with Crippen molar-refractivity contribution in [1.82, 2.24) is 14.7 Å². The quantitative estimate of drug-likeness (QED) is 0.835. The van der Waals surface area contributed by atoms with Crippen molar-refractivity contribution in [1.29, 1.82) is 0 Å². The second kappa shape index (κ2) is 7.70. The number of hydrogen-bond donors (Lipinski definition) is 0. The molecule has 0 unspecified atom stereocenters. The maximum atomic E-state index is 12.7. The lowest BCUT2D eigenvalue weighted by atomic mass is 9.88. The van der Waals surface area contributed by atoms with Crippen LogP contribution in [0.4, 0.5) is 0 Å². The Morgan fingerprint density at radius 3 is 2.60 bits per heavy atom. The zero-order valence-electron chi connectivity index (χ0n) is 15.0. The van der Waals surface area contributed by atoms with Crippen molar-refractivity contribution in [2.24, 2.45) is 13.0 Å². The third-order valence-electron chi connectivity index (χ3n) is 4.84. The third kappa shape index (κ3) is 4.02. The van der Waals surface area contributed by atoms with Crippen LogP contribution in [-0.4, -0.2) is 54.0 Å². The molecule has 0 saturated carbocycles. The second-order valence-corrected chi connectivity index (χ2v) is 6.50. The maximum absolute atomic E-state index is 12.7. The molecule has 1 amide bonds. The first kappa shape index (κ1) is 17.5. The molecule has 1 aliphatic rings. The minimum absolute atomic E-state index is 0.00474. The lowest BCUT2D eigenvalue weighted by Gasteiger charge is -2.37. The smallest absolute Gasteiger partial charge is 0.274 e. The number of amides is 1. The Labute approximate surface area is 148 Å². The number of likely N-dealkylation sites (tertiary alicyclic amines) is 1. The van der Waals surface area contributed by atoms with Gasteiger partial charge in [0.2, 0.25) is 0 Å². The molecule has 0 bridgehead atoms. The summed E-state index contributed by atoms with van der Waals surface area (Å²) in [5.41, 5.74) is 1.72. The molecule has 1 aromatic carbocycles. The summed E-state index contributed by atoms with van der Waals surface area (Å²) in [5, 5.41) is 4.23. The molecule has 2 aromatic rings. The summed E-state index contributed by atoms with van der Waals surface area (Å²) in [6.45, 7) is 1.38. The number of rotatable bonds is 5. The molecule has 25 heavy (non-hydrogen) atoms. The first-order valence-electron chi connectivity index (χ1n) is 8.55. The molecule has 0 N–H and O–H groups in total. The van der Waals surface area contributed by atoms with E-state index in [2.05, 4.69) is 17.2 Å². The number of benzene rings is 1. The zero-order valence-corrected chi connectivity index (χ0v) is 15.0. The van der Waals surface area contributed by atoms with Gasteiger partial charge in [0.15, 0.2) is 0 Å². The molecule has 134 valence electrons. The molecule has 1 fully saturated rings. The van der Waals surface area contributed by atoms with E-state index in [1.165, 1.54) is 5.56 Å². The fourth-order valence-electron chi connectivity index (χ4n) is 3.46. The average molecular weight is 343 g/mol. The molecular weight excluding hydrogens is 318 g/mol. The molecule has 1 aromatic heterocycles. The molecular formula is C19H25N3O3. The molecule has 2 atom stereocenters. The van der Waals surface area contributed by atoms with Crippen LogP contribution in [0.1, 0.15) is 22.5 Å². The fourth-order valence-corrected chi connectivity index (χ4v) is 3.46. The van der Waals surface area contributed by atoms with Crippen molar-refractivity contribution < 1.29 is 14.3 Å². The van der Waals surface area contributed by atoms with Crippen LogP contribution in [0.25, 0.3) is 0 Å². The number of carbonyl (C=O) groups excluding carboxylic acids is 1. The van der Waals surface area contributed by atoms with Crippen LogP contribution < -0.4 is 4.74 Å². The number of carbonyl (C=O) groups is 1. The molecule has 3 rings (SSSR count). The van der Waals surface area contributed by atoms with E-state index in [1.54, 1.807) is 31.2 Å². The van der Waals surface area contributed by atoms with E-state index in [0.717, 1.165) is 18.6 Å². The fraction of sp³-hybridized carbons (Fsp3) is 0.474. The summed E-state index contributed by atoms with van der Waals surface area (Å²) in [5.74, 6) is 1.11. The Hall–Kier alpha value is -2.34. The largest absolute Gasteiger partial charge is 0.497 e. The molecule has 0 radical (unpaired) electrons. The minimum Gasteiger partial charge on any atom is -0.497 e. The van der Waals surface area contributed by atoms with Gasteiger partial charge in [0.05, 0.1) is 13.2 Å².